The number of hydrazine groups is 1. The van der Waals surface area contributed by atoms with Crippen LogP contribution in [0.25, 0.3) is 0 Å². The van der Waals surface area contributed by atoms with Gasteiger partial charge in [0, 0.05) is 18.6 Å². The SMILES string of the molecule is N[C@@H]1CC2CC[C@@H](C1)N(N)C2. The van der Waals surface area contributed by atoms with Crippen molar-refractivity contribution in [1.82, 2.24) is 5.01 Å². The van der Waals surface area contributed by atoms with Gasteiger partial charge >= 0.3 is 0 Å². The van der Waals surface area contributed by atoms with Crippen LogP contribution in [0.2, 0.25) is 0 Å². The summed E-state index contributed by atoms with van der Waals surface area (Å²) in [5, 5.41) is 2.00. The van der Waals surface area contributed by atoms with Crippen LogP contribution >= 0.6 is 0 Å². The maximum Gasteiger partial charge on any atom is 0.0256 e. The van der Waals surface area contributed by atoms with Crippen LogP contribution in [0.15, 0.2) is 0 Å². The van der Waals surface area contributed by atoms with Crippen molar-refractivity contribution in [2.24, 2.45) is 17.5 Å². The maximum atomic E-state index is 5.94. The Labute approximate surface area is 67.7 Å². The predicted octanol–water partition coefficient (Wildman–Crippen LogP) is 0.0618. The maximum absolute atomic E-state index is 5.94. The van der Waals surface area contributed by atoms with Crippen molar-refractivity contribution in [1.29, 1.82) is 0 Å². The molecule has 2 bridgehead atoms. The number of fused-ring (bicyclic) bond motifs is 4. The fourth-order valence-corrected chi connectivity index (χ4v) is 2.45. The van der Waals surface area contributed by atoms with Gasteiger partial charge in [-0.05, 0) is 31.6 Å². The summed E-state index contributed by atoms with van der Waals surface area (Å²) < 4.78 is 0. The Morgan fingerprint density at radius 3 is 2.73 bits per heavy atom. The molecule has 2 saturated heterocycles. The summed E-state index contributed by atoms with van der Waals surface area (Å²) >= 11 is 0. The summed E-state index contributed by atoms with van der Waals surface area (Å²) in [7, 11) is 0. The van der Waals surface area contributed by atoms with Gasteiger partial charge in [0.15, 0.2) is 0 Å². The molecule has 3 rings (SSSR count). The highest BCUT2D eigenvalue weighted by atomic mass is 15.4. The molecule has 0 amide bonds. The minimum absolute atomic E-state index is 0.404. The van der Waals surface area contributed by atoms with E-state index in [0.29, 0.717) is 12.1 Å². The van der Waals surface area contributed by atoms with Crippen molar-refractivity contribution < 1.29 is 0 Å². The first kappa shape index (κ1) is 7.53. The van der Waals surface area contributed by atoms with Crippen molar-refractivity contribution in [3.8, 4) is 0 Å². The summed E-state index contributed by atoms with van der Waals surface area (Å²) in [4.78, 5) is 0. The summed E-state index contributed by atoms with van der Waals surface area (Å²) in [5.41, 5.74) is 5.94. The molecule has 64 valence electrons. The van der Waals surface area contributed by atoms with Gasteiger partial charge in [-0.15, -0.1) is 0 Å². The molecule has 1 saturated carbocycles. The van der Waals surface area contributed by atoms with E-state index >= 15 is 0 Å². The molecule has 0 aromatic rings. The van der Waals surface area contributed by atoms with E-state index in [-0.39, 0.29) is 0 Å². The lowest BCUT2D eigenvalue weighted by molar-refractivity contribution is 0.125. The zero-order valence-corrected chi connectivity index (χ0v) is 6.87. The van der Waals surface area contributed by atoms with Crippen LogP contribution in [0.5, 0.6) is 0 Å². The first-order chi connectivity index (χ1) is 5.25. The minimum Gasteiger partial charge on any atom is -0.328 e. The Morgan fingerprint density at radius 1 is 1.18 bits per heavy atom. The molecule has 11 heavy (non-hydrogen) atoms. The number of hydrogen-bond donors (Lipinski definition) is 2. The van der Waals surface area contributed by atoms with E-state index in [0.717, 1.165) is 18.9 Å². The van der Waals surface area contributed by atoms with Gasteiger partial charge in [0.25, 0.3) is 0 Å². The lowest BCUT2D eigenvalue weighted by Gasteiger charge is -2.32. The molecule has 0 aromatic heterocycles. The number of nitrogens with zero attached hydrogens (tertiary/aromatic N) is 1. The smallest absolute Gasteiger partial charge is 0.0256 e. The standard InChI is InChI=1S/C8H17N3/c9-7-3-6-1-2-8(4-7)11(10)5-6/h6-8H,1-5,9-10H2/t6?,7-,8+/m1/s1. The van der Waals surface area contributed by atoms with E-state index < -0.39 is 0 Å². The van der Waals surface area contributed by atoms with E-state index in [1.807, 2.05) is 5.01 Å². The third-order valence-corrected chi connectivity index (χ3v) is 3.06. The number of piperidine rings is 1. The van der Waals surface area contributed by atoms with Crippen LogP contribution in [0, 0.1) is 5.92 Å². The first-order valence-electron chi connectivity index (χ1n) is 4.52. The second kappa shape index (κ2) is 2.73. The van der Waals surface area contributed by atoms with Crippen LogP contribution in [0.1, 0.15) is 25.7 Å². The largest absolute Gasteiger partial charge is 0.328 e. The number of hydrogen-bond acceptors (Lipinski definition) is 3. The number of rotatable bonds is 0. The minimum atomic E-state index is 0.404. The Morgan fingerprint density at radius 2 is 2.00 bits per heavy atom. The predicted molar refractivity (Wildman–Crippen MR) is 44.6 cm³/mol. The van der Waals surface area contributed by atoms with Gasteiger partial charge in [0.1, 0.15) is 0 Å². The van der Waals surface area contributed by atoms with E-state index in [4.69, 9.17) is 11.6 Å². The monoisotopic (exact) mass is 155 g/mol. The highest BCUT2D eigenvalue weighted by Gasteiger charge is 2.32. The van der Waals surface area contributed by atoms with Gasteiger partial charge in [0.05, 0.1) is 0 Å². The van der Waals surface area contributed by atoms with Gasteiger partial charge < -0.3 is 5.73 Å². The zero-order valence-electron chi connectivity index (χ0n) is 6.87. The molecule has 1 aliphatic carbocycles. The van der Waals surface area contributed by atoms with Crippen LogP contribution < -0.4 is 11.6 Å². The highest BCUT2D eigenvalue weighted by Crippen LogP contribution is 2.30. The first-order valence-corrected chi connectivity index (χ1v) is 4.52. The van der Waals surface area contributed by atoms with Crippen molar-refractivity contribution in [3.63, 3.8) is 0 Å². The molecule has 2 heterocycles. The van der Waals surface area contributed by atoms with Gasteiger partial charge in [-0.2, -0.15) is 0 Å². The quantitative estimate of drug-likeness (QED) is 0.486. The van der Waals surface area contributed by atoms with Crippen LogP contribution in [-0.4, -0.2) is 23.6 Å². The van der Waals surface area contributed by atoms with Crippen molar-refractivity contribution in [2.75, 3.05) is 6.54 Å². The van der Waals surface area contributed by atoms with Gasteiger partial charge in [-0.3, -0.25) is 5.84 Å². The average molecular weight is 155 g/mol. The van der Waals surface area contributed by atoms with Gasteiger partial charge in [-0.25, -0.2) is 5.01 Å². The van der Waals surface area contributed by atoms with Crippen molar-refractivity contribution in [2.45, 2.75) is 37.8 Å². The fourth-order valence-electron chi connectivity index (χ4n) is 2.45. The molecule has 3 heteroatoms. The lowest BCUT2D eigenvalue weighted by Crippen LogP contribution is -2.46. The van der Waals surface area contributed by atoms with E-state index in [1.54, 1.807) is 0 Å². The van der Waals surface area contributed by atoms with Gasteiger partial charge in [-0.1, -0.05) is 0 Å². The fraction of sp³-hybridized carbons (Fsp3) is 1.00. The second-order valence-electron chi connectivity index (χ2n) is 4.03. The molecule has 0 spiro atoms. The average Bonchev–Trinajstić information content (AvgIpc) is 2.16. The van der Waals surface area contributed by atoms with Gasteiger partial charge in [0.2, 0.25) is 0 Å². The Balaban J connectivity index is 2.10. The van der Waals surface area contributed by atoms with E-state index in [2.05, 4.69) is 0 Å². The molecule has 0 radical (unpaired) electrons. The molecule has 3 nitrogen and oxygen atoms in total. The molecular weight excluding hydrogens is 138 g/mol. The highest BCUT2D eigenvalue weighted by molar-refractivity contribution is 4.88. The molecule has 0 aromatic carbocycles. The molecule has 3 fully saturated rings. The zero-order chi connectivity index (χ0) is 7.84. The van der Waals surface area contributed by atoms with Crippen molar-refractivity contribution in [3.05, 3.63) is 0 Å². The Bertz CT molecular complexity index is 146. The molecule has 1 unspecified atom stereocenters. The molecule has 3 aliphatic rings. The lowest BCUT2D eigenvalue weighted by atomic mass is 9.96. The van der Waals surface area contributed by atoms with Crippen LogP contribution in [-0.2, 0) is 0 Å². The Kier molecular flexibility index (Phi) is 1.87. The van der Waals surface area contributed by atoms with Crippen LogP contribution in [0.3, 0.4) is 0 Å². The third kappa shape index (κ3) is 1.41. The van der Waals surface area contributed by atoms with Crippen LogP contribution in [0.4, 0.5) is 0 Å². The molecular formula is C8H17N3. The third-order valence-electron chi connectivity index (χ3n) is 3.06. The summed E-state index contributed by atoms with van der Waals surface area (Å²) in [6, 6.07) is 0.977. The molecule has 2 aliphatic heterocycles. The number of nitrogens with two attached hydrogens (primary N) is 2. The summed E-state index contributed by atoms with van der Waals surface area (Å²) in [6.07, 6.45) is 4.89. The topological polar surface area (TPSA) is 55.3 Å². The summed E-state index contributed by atoms with van der Waals surface area (Å²) in [6.45, 7) is 1.07. The normalized spacial score (nSPS) is 45.8. The molecule has 3 atom stereocenters. The molecule has 4 N–H and O–H groups in total. The van der Waals surface area contributed by atoms with E-state index in [9.17, 15) is 0 Å². The van der Waals surface area contributed by atoms with E-state index in [1.165, 1.54) is 19.3 Å². The second-order valence-corrected chi connectivity index (χ2v) is 4.03. The Hall–Kier alpha value is -0.120. The summed E-state index contributed by atoms with van der Waals surface area (Å²) in [5.74, 6) is 6.63. The van der Waals surface area contributed by atoms with Crippen molar-refractivity contribution >= 4 is 0 Å².